The fraction of sp³-hybridized carbons (Fsp3) is 0.355. The van der Waals surface area contributed by atoms with Crippen molar-refractivity contribution >= 4 is 11.8 Å². The van der Waals surface area contributed by atoms with Crippen molar-refractivity contribution < 1.29 is 9.59 Å². The van der Waals surface area contributed by atoms with Crippen LogP contribution in [0.2, 0.25) is 0 Å². The van der Waals surface area contributed by atoms with E-state index in [1.54, 1.807) is 0 Å². The van der Waals surface area contributed by atoms with Gasteiger partial charge in [0.05, 0.1) is 5.41 Å². The maximum absolute atomic E-state index is 13.9. The van der Waals surface area contributed by atoms with E-state index in [-0.39, 0.29) is 23.7 Å². The van der Waals surface area contributed by atoms with Gasteiger partial charge < -0.3 is 9.80 Å². The molecule has 1 aliphatic heterocycles. The molecule has 1 saturated carbocycles. The van der Waals surface area contributed by atoms with Gasteiger partial charge >= 0.3 is 0 Å². The van der Waals surface area contributed by atoms with Crippen molar-refractivity contribution in [1.29, 1.82) is 0 Å². The monoisotopic (exact) mass is 468 g/mol. The lowest BCUT2D eigenvalue weighted by molar-refractivity contribution is -0.143. The molecule has 4 heteroatoms. The van der Waals surface area contributed by atoms with E-state index < -0.39 is 5.41 Å². The Bertz CT molecular complexity index is 1100. The molecule has 35 heavy (non-hydrogen) atoms. The Balaban J connectivity index is 1.45. The third kappa shape index (κ3) is 5.48. The Hall–Kier alpha value is -3.40. The van der Waals surface area contributed by atoms with Crippen LogP contribution < -0.4 is 0 Å². The molecule has 2 fully saturated rings. The second-order valence-corrected chi connectivity index (χ2v) is 9.83. The second-order valence-electron chi connectivity index (χ2n) is 9.83. The van der Waals surface area contributed by atoms with Crippen molar-refractivity contribution in [2.45, 2.75) is 38.1 Å². The Morgan fingerprint density at radius 1 is 1.00 bits per heavy atom. The maximum Gasteiger partial charge on any atom is 0.233 e. The number of hydrogen-bond acceptors (Lipinski definition) is 2. The fourth-order valence-electron chi connectivity index (χ4n) is 5.31. The minimum absolute atomic E-state index is 0.0263. The van der Waals surface area contributed by atoms with Gasteiger partial charge in [0.1, 0.15) is 0 Å². The van der Waals surface area contributed by atoms with Crippen molar-refractivity contribution in [3.8, 4) is 0 Å². The number of rotatable bonds is 8. The van der Waals surface area contributed by atoms with Crippen LogP contribution >= 0.6 is 0 Å². The van der Waals surface area contributed by atoms with E-state index >= 15 is 0 Å². The molecular formula is C31H36N2O2. The molecule has 2 amide bonds. The summed E-state index contributed by atoms with van der Waals surface area (Å²) in [6, 6.07) is 20.2. The van der Waals surface area contributed by atoms with Crippen LogP contribution in [0.25, 0.3) is 0 Å². The highest BCUT2D eigenvalue weighted by Crippen LogP contribution is 2.46. The lowest BCUT2D eigenvalue weighted by atomic mass is 9.71. The summed E-state index contributed by atoms with van der Waals surface area (Å²) in [7, 11) is 1.89. The highest BCUT2D eigenvalue weighted by atomic mass is 16.2. The third-order valence-electron chi connectivity index (χ3n) is 7.47. The highest BCUT2D eigenvalue weighted by molar-refractivity contribution is 5.89. The van der Waals surface area contributed by atoms with Crippen molar-refractivity contribution in [1.82, 2.24) is 9.80 Å². The summed E-state index contributed by atoms with van der Waals surface area (Å²) in [5, 5.41) is 0. The average molecular weight is 469 g/mol. The van der Waals surface area contributed by atoms with E-state index in [4.69, 9.17) is 0 Å². The molecule has 0 N–H and O–H groups in total. The van der Waals surface area contributed by atoms with Crippen LogP contribution in [-0.2, 0) is 21.5 Å². The van der Waals surface area contributed by atoms with Crippen molar-refractivity contribution in [2.75, 3.05) is 20.1 Å². The van der Waals surface area contributed by atoms with Gasteiger partial charge in [0.15, 0.2) is 0 Å². The molecule has 0 spiro atoms. The molecule has 2 atom stereocenters. The van der Waals surface area contributed by atoms with Gasteiger partial charge in [-0.3, -0.25) is 9.59 Å². The minimum atomic E-state index is -0.608. The van der Waals surface area contributed by atoms with Gasteiger partial charge in [-0.05, 0) is 43.2 Å². The van der Waals surface area contributed by atoms with Crippen LogP contribution in [0, 0.1) is 11.8 Å². The zero-order valence-electron chi connectivity index (χ0n) is 20.9. The molecule has 2 unspecified atom stereocenters. The summed E-state index contributed by atoms with van der Waals surface area (Å²) in [6.45, 7) is 7.92. The molecule has 4 rings (SSSR count). The van der Waals surface area contributed by atoms with Crippen molar-refractivity contribution in [2.24, 2.45) is 11.8 Å². The Morgan fingerprint density at radius 2 is 1.63 bits per heavy atom. The number of piperidine rings is 1. The molecule has 2 aromatic carbocycles. The highest BCUT2D eigenvalue weighted by Gasteiger charge is 2.49. The maximum atomic E-state index is 13.9. The van der Waals surface area contributed by atoms with Crippen LogP contribution in [0.5, 0.6) is 0 Å². The molecule has 1 heterocycles. The topological polar surface area (TPSA) is 40.6 Å². The van der Waals surface area contributed by atoms with E-state index in [1.165, 1.54) is 0 Å². The lowest BCUT2D eigenvalue weighted by Crippen LogP contribution is -2.53. The Kier molecular flexibility index (Phi) is 7.70. The largest absolute Gasteiger partial charge is 0.342 e. The standard InChI is InChI=1S/C31H36N2O2/c1-4-5-8-13-24(2)27-22-28(27)29(34)33-20-18-31(19-21-33,26-16-11-7-12-17-26)30(35)32(3)23-25-14-9-6-10-15-25/h4-17,27-28H,2,18-23H2,1,3H3/b5-4-,13-8-. The van der Waals surface area contributed by atoms with E-state index in [2.05, 4.69) is 18.7 Å². The van der Waals surface area contributed by atoms with Crippen LogP contribution in [-0.4, -0.2) is 41.8 Å². The first-order valence-corrected chi connectivity index (χ1v) is 12.6. The molecular weight excluding hydrogens is 432 g/mol. The molecule has 1 aliphatic carbocycles. The van der Waals surface area contributed by atoms with Crippen LogP contribution in [0.1, 0.15) is 37.3 Å². The summed E-state index contributed by atoms with van der Waals surface area (Å²) >= 11 is 0. The Labute approximate surface area is 209 Å². The smallest absolute Gasteiger partial charge is 0.233 e. The quantitative estimate of drug-likeness (QED) is 0.478. The second kappa shape index (κ2) is 10.9. The fourth-order valence-corrected chi connectivity index (χ4v) is 5.31. The number of benzene rings is 2. The number of likely N-dealkylation sites (N-methyl/N-ethyl adjacent to an activating group) is 1. The molecule has 0 radical (unpaired) electrons. The summed E-state index contributed by atoms with van der Waals surface area (Å²) in [6.07, 6.45) is 10.1. The van der Waals surface area contributed by atoms with Crippen LogP contribution in [0.4, 0.5) is 0 Å². The van der Waals surface area contributed by atoms with Gasteiger partial charge in [-0.25, -0.2) is 0 Å². The third-order valence-corrected chi connectivity index (χ3v) is 7.47. The molecule has 0 aromatic heterocycles. The first-order valence-electron chi connectivity index (χ1n) is 12.6. The van der Waals surface area contributed by atoms with E-state index in [0.29, 0.717) is 32.5 Å². The van der Waals surface area contributed by atoms with Gasteiger partial charge in [0, 0.05) is 32.6 Å². The number of hydrogen-bond donors (Lipinski definition) is 0. The number of carbonyl (C=O) groups is 2. The zero-order chi connectivity index (χ0) is 24.8. The number of carbonyl (C=O) groups excluding carboxylic acids is 2. The van der Waals surface area contributed by atoms with Crippen molar-refractivity contribution in [3.05, 3.63) is 108 Å². The van der Waals surface area contributed by atoms with E-state index in [9.17, 15) is 9.59 Å². The Morgan fingerprint density at radius 3 is 2.26 bits per heavy atom. The summed E-state index contributed by atoms with van der Waals surface area (Å²) in [5.74, 6) is 0.607. The van der Waals surface area contributed by atoms with Gasteiger partial charge in [-0.2, -0.15) is 0 Å². The zero-order valence-corrected chi connectivity index (χ0v) is 20.9. The summed E-state index contributed by atoms with van der Waals surface area (Å²) < 4.78 is 0. The molecule has 2 aromatic rings. The normalized spacial score (nSPS) is 21.3. The number of nitrogens with zero attached hydrogens (tertiary/aromatic N) is 2. The predicted octanol–water partition coefficient (Wildman–Crippen LogP) is 5.53. The van der Waals surface area contributed by atoms with E-state index in [0.717, 1.165) is 23.1 Å². The SMILES string of the molecule is C=C(/C=C\C=C/C)C1CC1C(=O)N1CCC(C(=O)N(C)Cc2ccccc2)(c2ccccc2)CC1. The molecule has 2 aliphatic rings. The average Bonchev–Trinajstić information content (AvgIpc) is 3.70. The van der Waals surface area contributed by atoms with Crippen molar-refractivity contribution in [3.63, 3.8) is 0 Å². The van der Waals surface area contributed by atoms with Gasteiger partial charge in [0.25, 0.3) is 0 Å². The van der Waals surface area contributed by atoms with E-state index in [1.807, 2.05) is 96.6 Å². The van der Waals surface area contributed by atoms with Crippen LogP contribution in [0.3, 0.4) is 0 Å². The number of likely N-dealkylation sites (tertiary alicyclic amines) is 1. The summed E-state index contributed by atoms with van der Waals surface area (Å²) in [4.78, 5) is 31.0. The lowest BCUT2D eigenvalue weighted by Gasteiger charge is -2.43. The molecule has 4 nitrogen and oxygen atoms in total. The van der Waals surface area contributed by atoms with Gasteiger partial charge in [0.2, 0.25) is 11.8 Å². The first kappa shape index (κ1) is 24.7. The summed E-state index contributed by atoms with van der Waals surface area (Å²) in [5.41, 5.74) is 2.57. The number of amides is 2. The number of allylic oxidation sites excluding steroid dienone is 5. The molecule has 0 bridgehead atoms. The van der Waals surface area contributed by atoms with Gasteiger partial charge in [-0.15, -0.1) is 0 Å². The minimum Gasteiger partial charge on any atom is -0.342 e. The molecule has 182 valence electrons. The first-order chi connectivity index (χ1) is 17.0. The molecule has 1 saturated heterocycles. The predicted molar refractivity (Wildman–Crippen MR) is 142 cm³/mol. The van der Waals surface area contributed by atoms with Gasteiger partial charge in [-0.1, -0.05) is 97.1 Å². The van der Waals surface area contributed by atoms with Crippen LogP contribution in [0.15, 0.2) is 97.1 Å².